The van der Waals surface area contributed by atoms with Crippen LogP contribution in [0.3, 0.4) is 0 Å². The Morgan fingerprint density at radius 3 is 2.24 bits per heavy atom. The largest absolute Gasteiger partial charge is 0.482 e. The van der Waals surface area contributed by atoms with Crippen molar-refractivity contribution in [3.8, 4) is 5.75 Å². The van der Waals surface area contributed by atoms with Crippen LogP contribution in [0.1, 0.15) is 18.1 Å². The molecular formula is C23H24N4O6S. The Labute approximate surface area is 197 Å². The first kappa shape index (κ1) is 24.6. The summed E-state index contributed by atoms with van der Waals surface area (Å²) in [6.07, 6.45) is 1.73. The average molecular weight is 485 g/mol. The van der Waals surface area contributed by atoms with Gasteiger partial charge in [-0.15, -0.1) is 0 Å². The van der Waals surface area contributed by atoms with Crippen molar-refractivity contribution in [3.63, 3.8) is 0 Å². The summed E-state index contributed by atoms with van der Waals surface area (Å²) in [6.45, 7) is 4.92. The van der Waals surface area contributed by atoms with Gasteiger partial charge >= 0.3 is 5.97 Å². The molecule has 0 bridgehead atoms. The van der Waals surface area contributed by atoms with Gasteiger partial charge in [0.2, 0.25) is 5.95 Å². The maximum absolute atomic E-state index is 12.4. The number of hydrogen-bond acceptors (Lipinski definition) is 8. The molecule has 0 saturated carbocycles. The van der Waals surface area contributed by atoms with E-state index >= 15 is 0 Å². The molecule has 2 N–H and O–H groups in total. The zero-order chi connectivity index (χ0) is 24.7. The summed E-state index contributed by atoms with van der Waals surface area (Å²) in [7, 11) is -3.90. The Hall–Kier alpha value is -3.99. The summed E-state index contributed by atoms with van der Waals surface area (Å²) in [5.41, 5.74) is 2.33. The van der Waals surface area contributed by atoms with Crippen LogP contribution in [-0.4, -0.2) is 43.0 Å². The minimum Gasteiger partial charge on any atom is -0.482 e. The third-order valence-corrected chi connectivity index (χ3v) is 5.80. The van der Waals surface area contributed by atoms with Gasteiger partial charge in [-0.3, -0.25) is 4.79 Å². The molecule has 1 aromatic heterocycles. The van der Waals surface area contributed by atoms with E-state index in [1.165, 1.54) is 43.6 Å². The SMILES string of the molecule is Cc1cc(C)cc(OCC(=O)OC(C)C(=O)Nc2ccc(S(=O)(=O)Nc3ncccn3)cc2)c1. The molecule has 0 radical (unpaired) electrons. The first-order valence-corrected chi connectivity index (χ1v) is 11.7. The highest BCUT2D eigenvalue weighted by molar-refractivity contribution is 7.92. The Morgan fingerprint density at radius 1 is 1.00 bits per heavy atom. The molecule has 0 saturated heterocycles. The number of sulfonamides is 1. The van der Waals surface area contributed by atoms with Crippen molar-refractivity contribution < 1.29 is 27.5 Å². The van der Waals surface area contributed by atoms with E-state index in [0.29, 0.717) is 11.4 Å². The van der Waals surface area contributed by atoms with E-state index in [2.05, 4.69) is 20.0 Å². The number of aryl methyl sites for hydroxylation is 2. The monoisotopic (exact) mass is 484 g/mol. The average Bonchev–Trinajstić information content (AvgIpc) is 2.78. The maximum atomic E-state index is 12.4. The number of hydrogen-bond donors (Lipinski definition) is 2. The van der Waals surface area contributed by atoms with Crippen LogP contribution in [-0.2, 0) is 24.3 Å². The van der Waals surface area contributed by atoms with Crippen LogP contribution in [0.4, 0.5) is 11.6 Å². The van der Waals surface area contributed by atoms with Gasteiger partial charge in [0.15, 0.2) is 12.7 Å². The zero-order valence-electron chi connectivity index (χ0n) is 18.8. The number of ether oxygens (including phenoxy) is 2. The molecule has 2 aromatic carbocycles. The van der Waals surface area contributed by atoms with Crippen LogP contribution < -0.4 is 14.8 Å². The standard InChI is InChI=1S/C23H24N4O6S/c1-15-11-16(2)13-19(12-15)32-14-21(28)33-17(3)22(29)26-18-5-7-20(8-6-18)34(30,31)27-23-24-9-4-10-25-23/h4-13,17H,14H2,1-3H3,(H,26,29)(H,24,25,27). The van der Waals surface area contributed by atoms with Gasteiger partial charge in [-0.2, -0.15) is 0 Å². The van der Waals surface area contributed by atoms with Crippen molar-refractivity contribution in [1.29, 1.82) is 0 Å². The van der Waals surface area contributed by atoms with Crippen LogP contribution in [0.15, 0.2) is 65.8 Å². The third-order valence-electron chi connectivity index (χ3n) is 4.45. The summed E-state index contributed by atoms with van der Waals surface area (Å²) >= 11 is 0. The summed E-state index contributed by atoms with van der Waals surface area (Å²) in [5, 5.41) is 2.57. The molecule has 3 aromatic rings. The number of aromatic nitrogens is 2. The Morgan fingerprint density at radius 2 is 1.62 bits per heavy atom. The van der Waals surface area contributed by atoms with Gasteiger partial charge in [-0.05, 0) is 74.4 Å². The molecule has 3 rings (SSSR count). The lowest BCUT2D eigenvalue weighted by Crippen LogP contribution is -2.31. The highest BCUT2D eigenvalue weighted by Crippen LogP contribution is 2.18. The van der Waals surface area contributed by atoms with E-state index in [9.17, 15) is 18.0 Å². The number of carbonyl (C=O) groups is 2. The molecule has 1 amide bonds. The number of benzene rings is 2. The van der Waals surface area contributed by atoms with Crippen LogP contribution in [0.25, 0.3) is 0 Å². The molecule has 1 atom stereocenters. The van der Waals surface area contributed by atoms with Crippen LogP contribution >= 0.6 is 0 Å². The summed E-state index contributed by atoms with van der Waals surface area (Å²) in [5.74, 6) is -0.796. The summed E-state index contributed by atoms with van der Waals surface area (Å²) in [4.78, 5) is 32.0. The first-order chi connectivity index (χ1) is 16.1. The number of esters is 1. The highest BCUT2D eigenvalue weighted by atomic mass is 32.2. The second kappa shape index (κ2) is 10.8. The molecule has 1 unspecified atom stereocenters. The third kappa shape index (κ3) is 7.01. The summed E-state index contributed by atoms with van der Waals surface area (Å²) in [6, 6.07) is 12.6. The van der Waals surface area contributed by atoms with Gasteiger partial charge in [-0.1, -0.05) is 6.07 Å². The van der Waals surface area contributed by atoms with Gasteiger partial charge in [0, 0.05) is 18.1 Å². The molecule has 178 valence electrons. The molecule has 11 heteroatoms. The topological polar surface area (TPSA) is 137 Å². The van der Waals surface area contributed by atoms with E-state index < -0.39 is 28.0 Å². The lowest BCUT2D eigenvalue weighted by atomic mass is 10.1. The van der Waals surface area contributed by atoms with Crippen molar-refractivity contribution in [1.82, 2.24) is 9.97 Å². The zero-order valence-corrected chi connectivity index (χ0v) is 19.6. The second-order valence-electron chi connectivity index (χ2n) is 7.44. The molecule has 1 heterocycles. The molecule has 10 nitrogen and oxygen atoms in total. The van der Waals surface area contributed by atoms with Gasteiger partial charge in [0.1, 0.15) is 5.75 Å². The van der Waals surface area contributed by atoms with Crippen molar-refractivity contribution in [2.24, 2.45) is 0 Å². The van der Waals surface area contributed by atoms with Crippen molar-refractivity contribution in [2.45, 2.75) is 31.8 Å². The molecule has 0 aliphatic rings. The molecule has 0 fully saturated rings. The normalized spacial score (nSPS) is 11.9. The number of carbonyl (C=O) groups excluding carboxylic acids is 2. The number of anilines is 2. The fourth-order valence-electron chi connectivity index (χ4n) is 2.94. The van der Waals surface area contributed by atoms with Crippen LogP contribution in [0, 0.1) is 13.8 Å². The van der Waals surface area contributed by atoms with Crippen molar-refractivity contribution in [3.05, 3.63) is 72.1 Å². The smallest absolute Gasteiger partial charge is 0.344 e. The van der Waals surface area contributed by atoms with Crippen LogP contribution in [0.2, 0.25) is 0 Å². The predicted octanol–water partition coefficient (Wildman–Crippen LogP) is 2.84. The molecule has 0 aliphatic heterocycles. The van der Waals surface area contributed by atoms with Gasteiger partial charge in [0.25, 0.3) is 15.9 Å². The van der Waals surface area contributed by atoms with E-state index in [1.54, 1.807) is 18.2 Å². The minimum atomic E-state index is -3.90. The second-order valence-corrected chi connectivity index (χ2v) is 9.12. The van der Waals surface area contributed by atoms with Crippen molar-refractivity contribution in [2.75, 3.05) is 16.6 Å². The van der Waals surface area contributed by atoms with E-state index in [4.69, 9.17) is 9.47 Å². The first-order valence-electron chi connectivity index (χ1n) is 10.2. The van der Waals surface area contributed by atoms with Crippen molar-refractivity contribution >= 4 is 33.5 Å². The van der Waals surface area contributed by atoms with E-state index in [-0.39, 0.29) is 17.5 Å². The Bertz CT molecular complexity index is 1240. The number of nitrogens with one attached hydrogen (secondary N) is 2. The highest BCUT2D eigenvalue weighted by Gasteiger charge is 2.20. The van der Waals surface area contributed by atoms with Crippen LogP contribution in [0.5, 0.6) is 5.75 Å². The fourth-order valence-corrected chi connectivity index (χ4v) is 3.89. The maximum Gasteiger partial charge on any atom is 0.344 e. The molecule has 0 aliphatic carbocycles. The molecule has 0 spiro atoms. The lowest BCUT2D eigenvalue weighted by Gasteiger charge is -2.14. The minimum absolute atomic E-state index is 0.0408. The van der Waals surface area contributed by atoms with Gasteiger partial charge in [-0.25, -0.2) is 27.9 Å². The van der Waals surface area contributed by atoms with E-state index in [1.807, 2.05) is 19.9 Å². The number of amides is 1. The molecular weight excluding hydrogens is 460 g/mol. The lowest BCUT2D eigenvalue weighted by molar-refractivity contribution is -0.155. The Balaban J connectivity index is 1.51. The quantitative estimate of drug-likeness (QED) is 0.443. The molecule has 34 heavy (non-hydrogen) atoms. The fraction of sp³-hybridized carbons (Fsp3) is 0.217. The summed E-state index contributed by atoms with van der Waals surface area (Å²) < 4.78 is 37.6. The van der Waals surface area contributed by atoms with E-state index in [0.717, 1.165) is 11.1 Å². The number of rotatable bonds is 9. The number of nitrogens with zero attached hydrogens (tertiary/aromatic N) is 2. The van der Waals surface area contributed by atoms with Gasteiger partial charge in [0.05, 0.1) is 4.90 Å². The van der Waals surface area contributed by atoms with Gasteiger partial charge < -0.3 is 14.8 Å². The Kier molecular flexibility index (Phi) is 7.79. The predicted molar refractivity (Wildman–Crippen MR) is 125 cm³/mol.